The minimum atomic E-state index is -0.767. The van der Waals surface area contributed by atoms with Gasteiger partial charge in [0.05, 0.1) is 6.61 Å². The lowest BCUT2D eigenvalue weighted by atomic mass is 10.1. The second-order valence-corrected chi connectivity index (χ2v) is 4.17. The molecular formula is C11H16N2O6. The Labute approximate surface area is 108 Å². The molecule has 0 radical (unpaired) electrons. The Morgan fingerprint density at radius 1 is 1.37 bits per heavy atom. The predicted molar refractivity (Wildman–Crippen MR) is 63.9 cm³/mol. The minimum Gasteiger partial charge on any atom is -0.394 e. The van der Waals surface area contributed by atoms with Crippen molar-refractivity contribution < 1.29 is 19.3 Å². The van der Waals surface area contributed by atoms with Crippen LogP contribution in [0.15, 0.2) is 21.9 Å². The number of aromatic nitrogens is 2. The SMILES string of the molecule is COC1C(OC)[C@@H](CO)O[C@H]1n1ccc(=O)[nH]c1=O. The minimum absolute atomic E-state index is 0.257. The fraction of sp³-hybridized carbons (Fsp3) is 0.636. The molecule has 4 atom stereocenters. The molecule has 0 bridgehead atoms. The van der Waals surface area contributed by atoms with Gasteiger partial charge in [-0.15, -0.1) is 0 Å². The zero-order chi connectivity index (χ0) is 14.0. The third-order valence-corrected chi connectivity index (χ3v) is 3.14. The van der Waals surface area contributed by atoms with Crippen LogP contribution in [0.4, 0.5) is 0 Å². The third kappa shape index (κ3) is 2.47. The molecule has 8 nitrogen and oxygen atoms in total. The highest BCUT2D eigenvalue weighted by Gasteiger charge is 2.46. The van der Waals surface area contributed by atoms with E-state index >= 15 is 0 Å². The van der Waals surface area contributed by atoms with Gasteiger partial charge in [-0.1, -0.05) is 0 Å². The fourth-order valence-corrected chi connectivity index (χ4v) is 2.24. The second-order valence-electron chi connectivity index (χ2n) is 4.17. The predicted octanol–water partition coefficient (Wildman–Crippen LogP) is -1.54. The van der Waals surface area contributed by atoms with Gasteiger partial charge in [-0.2, -0.15) is 0 Å². The van der Waals surface area contributed by atoms with Gasteiger partial charge < -0.3 is 19.3 Å². The number of aliphatic hydroxyl groups excluding tert-OH is 1. The van der Waals surface area contributed by atoms with Gasteiger partial charge >= 0.3 is 5.69 Å². The number of hydrogen-bond acceptors (Lipinski definition) is 6. The third-order valence-electron chi connectivity index (χ3n) is 3.14. The number of nitrogens with zero attached hydrogens (tertiary/aromatic N) is 1. The van der Waals surface area contributed by atoms with Crippen molar-refractivity contribution in [1.82, 2.24) is 9.55 Å². The number of rotatable bonds is 4. The molecule has 1 aromatic rings. The quantitative estimate of drug-likeness (QED) is 0.688. The van der Waals surface area contributed by atoms with Crippen LogP contribution in [0.2, 0.25) is 0 Å². The van der Waals surface area contributed by atoms with Crippen molar-refractivity contribution in [3.05, 3.63) is 33.1 Å². The van der Waals surface area contributed by atoms with E-state index < -0.39 is 35.8 Å². The molecule has 1 aromatic heterocycles. The van der Waals surface area contributed by atoms with Crippen LogP contribution < -0.4 is 11.2 Å². The molecule has 2 N–H and O–H groups in total. The van der Waals surface area contributed by atoms with E-state index in [2.05, 4.69) is 4.98 Å². The monoisotopic (exact) mass is 272 g/mol. The van der Waals surface area contributed by atoms with E-state index in [4.69, 9.17) is 14.2 Å². The normalized spacial score (nSPS) is 30.7. The molecule has 0 amide bonds. The smallest absolute Gasteiger partial charge is 0.330 e. The number of ether oxygens (including phenoxy) is 3. The number of methoxy groups -OCH3 is 2. The van der Waals surface area contributed by atoms with Gasteiger partial charge in [-0.05, 0) is 0 Å². The summed E-state index contributed by atoms with van der Waals surface area (Å²) in [4.78, 5) is 24.9. The van der Waals surface area contributed by atoms with E-state index in [1.165, 1.54) is 31.0 Å². The van der Waals surface area contributed by atoms with Gasteiger partial charge in [0, 0.05) is 26.5 Å². The number of aliphatic hydroxyl groups is 1. The highest BCUT2D eigenvalue weighted by molar-refractivity contribution is 4.94. The number of aromatic amines is 1. The van der Waals surface area contributed by atoms with E-state index in [0.29, 0.717) is 0 Å². The summed E-state index contributed by atoms with van der Waals surface area (Å²) in [6, 6.07) is 1.21. The Morgan fingerprint density at radius 2 is 2.05 bits per heavy atom. The molecule has 1 aliphatic rings. The van der Waals surface area contributed by atoms with Gasteiger partial charge in [-0.3, -0.25) is 14.3 Å². The largest absolute Gasteiger partial charge is 0.394 e. The Morgan fingerprint density at radius 3 is 2.58 bits per heavy atom. The molecular weight excluding hydrogens is 256 g/mol. The first-order valence-electron chi connectivity index (χ1n) is 5.75. The molecule has 106 valence electrons. The highest BCUT2D eigenvalue weighted by Crippen LogP contribution is 2.31. The van der Waals surface area contributed by atoms with Crippen molar-refractivity contribution in [2.45, 2.75) is 24.5 Å². The lowest BCUT2D eigenvalue weighted by Crippen LogP contribution is -2.39. The first-order valence-corrected chi connectivity index (χ1v) is 5.75. The lowest BCUT2D eigenvalue weighted by Gasteiger charge is -2.21. The van der Waals surface area contributed by atoms with E-state index in [-0.39, 0.29) is 6.61 Å². The molecule has 0 saturated carbocycles. The molecule has 2 heterocycles. The van der Waals surface area contributed by atoms with Crippen molar-refractivity contribution in [3.63, 3.8) is 0 Å². The second kappa shape index (κ2) is 5.66. The van der Waals surface area contributed by atoms with Crippen LogP contribution in [0.5, 0.6) is 0 Å². The average Bonchev–Trinajstić information content (AvgIpc) is 2.76. The molecule has 2 unspecified atom stereocenters. The van der Waals surface area contributed by atoms with Crippen LogP contribution >= 0.6 is 0 Å². The van der Waals surface area contributed by atoms with Crippen molar-refractivity contribution in [2.75, 3.05) is 20.8 Å². The molecule has 19 heavy (non-hydrogen) atoms. The van der Waals surface area contributed by atoms with Crippen LogP contribution in [0.1, 0.15) is 6.23 Å². The van der Waals surface area contributed by atoms with Crippen LogP contribution in [0.3, 0.4) is 0 Å². The van der Waals surface area contributed by atoms with Crippen LogP contribution in [-0.2, 0) is 14.2 Å². The molecule has 8 heteroatoms. The Balaban J connectivity index is 2.38. The summed E-state index contributed by atoms with van der Waals surface area (Å²) in [6.45, 7) is -0.257. The summed E-state index contributed by atoms with van der Waals surface area (Å²) in [6.07, 6.45) is -1.11. The highest BCUT2D eigenvalue weighted by atomic mass is 16.6. The summed E-state index contributed by atoms with van der Waals surface area (Å²) in [5.74, 6) is 0. The standard InChI is InChI=1S/C11H16N2O6/c1-17-8-6(5-14)19-10(9(8)18-2)13-4-3-7(15)12-11(13)16/h3-4,6,8-10,14H,5H2,1-2H3,(H,12,15,16)/t6-,8?,9?,10-/m1/s1. The van der Waals surface area contributed by atoms with Crippen LogP contribution in [-0.4, -0.2) is 53.8 Å². The molecule has 1 fully saturated rings. The topological polar surface area (TPSA) is 103 Å². The van der Waals surface area contributed by atoms with Crippen molar-refractivity contribution >= 4 is 0 Å². The molecule has 0 spiro atoms. The summed E-state index contributed by atoms with van der Waals surface area (Å²) in [5, 5.41) is 9.25. The zero-order valence-corrected chi connectivity index (χ0v) is 10.6. The maximum Gasteiger partial charge on any atom is 0.330 e. The summed E-state index contributed by atoms with van der Waals surface area (Å²) in [5.41, 5.74) is -1.09. The lowest BCUT2D eigenvalue weighted by molar-refractivity contribution is -0.0625. The van der Waals surface area contributed by atoms with E-state index in [9.17, 15) is 14.7 Å². The van der Waals surface area contributed by atoms with Crippen molar-refractivity contribution in [2.24, 2.45) is 0 Å². The summed E-state index contributed by atoms with van der Waals surface area (Å²) >= 11 is 0. The van der Waals surface area contributed by atoms with Crippen LogP contribution in [0, 0.1) is 0 Å². The maximum absolute atomic E-state index is 11.7. The van der Waals surface area contributed by atoms with Crippen molar-refractivity contribution in [1.29, 1.82) is 0 Å². The maximum atomic E-state index is 11.7. The van der Waals surface area contributed by atoms with Gasteiger partial charge in [0.15, 0.2) is 6.23 Å². The van der Waals surface area contributed by atoms with Gasteiger partial charge in [0.1, 0.15) is 18.3 Å². The number of hydrogen-bond donors (Lipinski definition) is 2. The Bertz CT molecular complexity index is 538. The Hall–Kier alpha value is -1.48. The first kappa shape index (κ1) is 13.9. The van der Waals surface area contributed by atoms with Crippen molar-refractivity contribution in [3.8, 4) is 0 Å². The number of nitrogens with one attached hydrogen (secondary N) is 1. The first-order chi connectivity index (χ1) is 9.12. The molecule has 2 rings (SSSR count). The van der Waals surface area contributed by atoms with Gasteiger partial charge in [0.25, 0.3) is 5.56 Å². The fourth-order valence-electron chi connectivity index (χ4n) is 2.24. The molecule has 1 aliphatic heterocycles. The number of H-pyrrole nitrogens is 1. The Kier molecular flexibility index (Phi) is 4.15. The zero-order valence-electron chi connectivity index (χ0n) is 10.6. The summed E-state index contributed by atoms with van der Waals surface area (Å²) in [7, 11) is 2.93. The van der Waals surface area contributed by atoms with E-state index in [1.807, 2.05) is 0 Å². The molecule has 1 saturated heterocycles. The molecule has 0 aliphatic carbocycles. The van der Waals surface area contributed by atoms with Gasteiger partial charge in [-0.25, -0.2) is 4.79 Å². The van der Waals surface area contributed by atoms with Gasteiger partial charge in [0.2, 0.25) is 0 Å². The molecule has 0 aromatic carbocycles. The van der Waals surface area contributed by atoms with E-state index in [1.54, 1.807) is 0 Å². The average molecular weight is 272 g/mol. The summed E-state index contributed by atoms with van der Waals surface area (Å²) < 4.78 is 17.3. The van der Waals surface area contributed by atoms with Crippen LogP contribution in [0.25, 0.3) is 0 Å². The van der Waals surface area contributed by atoms with E-state index in [0.717, 1.165) is 0 Å².